The van der Waals surface area contributed by atoms with Crippen LogP contribution in [0.1, 0.15) is 60.0 Å². The van der Waals surface area contributed by atoms with Crippen molar-refractivity contribution in [1.82, 2.24) is 10.6 Å². The number of imide groups is 1. The SMILES string of the molecule is NCCCCCNCCCc1cccc2c1C[N+]([O-])(C1CCC(=O)NC1=O)C2=O. The second-order valence-corrected chi connectivity index (χ2v) is 7.87. The monoisotopic (exact) mass is 402 g/mol. The second kappa shape index (κ2) is 9.58. The van der Waals surface area contributed by atoms with Gasteiger partial charge in [0.15, 0.2) is 6.04 Å². The number of piperidine rings is 1. The van der Waals surface area contributed by atoms with E-state index < -0.39 is 28.4 Å². The number of unbranched alkanes of at least 4 members (excludes halogenated alkanes) is 2. The molecule has 158 valence electrons. The molecular weight excluding hydrogens is 372 g/mol. The predicted octanol–water partition coefficient (Wildman–Crippen LogP) is 1.11. The maximum absolute atomic E-state index is 13.4. The fourth-order valence-corrected chi connectivity index (χ4v) is 4.20. The number of rotatable bonds is 10. The van der Waals surface area contributed by atoms with E-state index in [1.165, 1.54) is 0 Å². The first-order valence-electron chi connectivity index (χ1n) is 10.5. The molecule has 1 fully saturated rings. The molecule has 0 aromatic heterocycles. The minimum Gasteiger partial charge on any atom is -0.624 e. The first kappa shape index (κ1) is 21.6. The van der Waals surface area contributed by atoms with Crippen molar-refractivity contribution in [2.45, 2.75) is 57.5 Å². The van der Waals surface area contributed by atoms with E-state index in [1.807, 2.05) is 6.07 Å². The van der Waals surface area contributed by atoms with Crippen molar-refractivity contribution in [3.63, 3.8) is 0 Å². The molecule has 0 spiro atoms. The number of nitrogens with zero attached hydrogens (tertiary/aromatic N) is 1. The summed E-state index contributed by atoms with van der Waals surface area (Å²) < 4.78 is -1.22. The van der Waals surface area contributed by atoms with Gasteiger partial charge in [-0.2, -0.15) is 0 Å². The maximum Gasteiger partial charge on any atom is 0.347 e. The maximum atomic E-state index is 13.4. The van der Waals surface area contributed by atoms with Gasteiger partial charge in [0.05, 0.1) is 5.56 Å². The van der Waals surface area contributed by atoms with Gasteiger partial charge in [0, 0.05) is 18.4 Å². The molecule has 2 heterocycles. The van der Waals surface area contributed by atoms with Crippen LogP contribution >= 0.6 is 0 Å². The van der Waals surface area contributed by atoms with E-state index in [9.17, 15) is 19.6 Å². The normalized spacial score (nSPS) is 23.9. The quantitative estimate of drug-likeness (QED) is 0.233. The molecule has 0 saturated carbocycles. The molecule has 1 saturated heterocycles. The van der Waals surface area contributed by atoms with E-state index in [2.05, 4.69) is 10.6 Å². The van der Waals surface area contributed by atoms with Crippen molar-refractivity contribution in [1.29, 1.82) is 0 Å². The summed E-state index contributed by atoms with van der Waals surface area (Å²) in [6.07, 6.45) is 5.15. The summed E-state index contributed by atoms with van der Waals surface area (Å²) in [6.45, 7) is 2.52. The van der Waals surface area contributed by atoms with Gasteiger partial charge in [-0.15, -0.1) is 0 Å². The third kappa shape index (κ3) is 4.72. The number of hydrogen-bond acceptors (Lipinski definition) is 6. The Morgan fingerprint density at radius 1 is 1.14 bits per heavy atom. The van der Waals surface area contributed by atoms with Crippen LogP contribution in [-0.2, 0) is 22.6 Å². The fraction of sp³-hybridized carbons (Fsp3) is 0.571. The summed E-state index contributed by atoms with van der Waals surface area (Å²) in [4.78, 5) is 36.5. The first-order chi connectivity index (χ1) is 14.0. The van der Waals surface area contributed by atoms with Gasteiger partial charge < -0.3 is 16.3 Å². The minimum atomic E-state index is -1.22. The Hall–Kier alpha value is -2.13. The summed E-state index contributed by atoms with van der Waals surface area (Å²) >= 11 is 0. The van der Waals surface area contributed by atoms with Crippen LogP contribution in [0.4, 0.5) is 0 Å². The number of hydrogen-bond donors (Lipinski definition) is 3. The molecule has 2 aliphatic rings. The number of carbonyl (C=O) groups is 3. The molecule has 29 heavy (non-hydrogen) atoms. The first-order valence-corrected chi connectivity index (χ1v) is 10.5. The van der Waals surface area contributed by atoms with Gasteiger partial charge in [0.2, 0.25) is 5.91 Å². The van der Waals surface area contributed by atoms with Crippen molar-refractivity contribution in [2.75, 3.05) is 19.6 Å². The molecule has 4 N–H and O–H groups in total. The third-order valence-corrected chi connectivity index (χ3v) is 5.81. The summed E-state index contributed by atoms with van der Waals surface area (Å²) in [5.74, 6) is -1.61. The third-order valence-electron chi connectivity index (χ3n) is 5.81. The van der Waals surface area contributed by atoms with Crippen LogP contribution in [0.2, 0.25) is 0 Å². The van der Waals surface area contributed by atoms with E-state index in [-0.39, 0.29) is 19.4 Å². The fourth-order valence-electron chi connectivity index (χ4n) is 4.20. The molecule has 3 amide bonds. The van der Waals surface area contributed by atoms with Gasteiger partial charge in [-0.25, -0.2) is 4.79 Å². The molecule has 0 radical (unpaired) electrons. The lowest BCUT2D eigenvalue weighted by Gasteiger charge is -2.42. The molecule has 0 aliphatic carbocycles. The van der Waals surface area contributed by atoms with Gasteiger partial charge in [0.25, 0.3) is 5.91 Å². The van der Waals surface area contributed by atoms with Crippen LogP contribution in [0.15, 0.2) is 18.2 Å². The number of quaternary nitrogens is 1. The Balaban J connectivity index is 1.60. The molecular formula is C21H30N4O4. The zero-order chi connectivity index (χ0) is 20.9. The Kier molecular flexibility index (Phi) is 7.13. The van der Waals surface area contributed by atoms with Crippen molar-refractivity contribution in [2.24, 2.45) is 5.73 Å². The lowest BCUT2D eigenvalue weighted by atomic mass is 9.99. The average Bonchev–Trinajstić information content (AvgIpc) is 2.96. The number of aryl methyl sites for hydroxylation is 1. The van der Waals surface area contributed by atoms with Gasteiger partial charge in [-0.1, -0.05) is 18.6 Å². The summed E-state index contributed by atoms with van der Waals surface area (Å²) in [7, 11) is 0. The molecule has 1 aromatic carbocycles. The number of amides is 3. The predicted molar refractivity (Wildman–Crippen MR) is 108 cm³/mol. The highest BCUT2D eigenvalue weighted by Crippen LogP contribution is 2.36. The number of hydroxylamine groups is 3. The molecule has 1 aromatic rings. The zero-order valence-corrected chi connectivity index (χ0v) is 16.7. The molecule has 3 rings (SSSR count). The van der Waals surface area contributed by atoms with Gasteiger partial charge >= 0.3 is 5.91 Å². The Bertz CT molecular complexity index is 782. The number of nitrogens with one attached hydrogen (secondary N) is 2. The van der Waals surface area contributed by atoms with Gasteiger partial charge in [-0.05, 0) is 56.9 Å². The molecule has 8 nitrogen and oxygen atoms in total. The van der Waals surface area contributed by atoms with Crippen LogP contribution in [0, 0.1) is 5.21 Å². The zero-order valence-electron chi connectivity index (χ0n) is 16.7. The van der Waals surface area contributed by atoms with Crippen LogP contribution in [0.5, 0.6) is 0 Å². The molecule has 2 atom stereocenters. The Morgan fingerprint density at radius 2 is 1.93 bits per heavy atom. The smallest absolute Gasteiger partial charge is 0.347 e. The van der Waals surface area contributed by atoms with E-state index in [0.717, 1.165) is 62.9 Å². The number of fused-ring (bicyclic) bond motifs is 1. The highest BCUT2D eigenvalue weighted by Gasteiger charge is 2.49. The Morgan fingerprint density at radius 3 is 2.69 bits per heavy atom. The van der Waals surface area contributed by atoms with Crippen LogP contribution in [-0.4, -0.2) is 48.0 Å². The lowest BCUT2D eigenvalue weighted by molar-refractivity contribution is -0.825. The Labute approximate surface area is 171 Å². The number of carbonyl (C=O) groups excluding carboxylic acids is 3. The molecule has 0 bridgehead atoms. The van der Waals surface area contributed by atoms with Crippen molar-refractivity contribution in [3.8, 4) is 0 Å². The van der Waals surface area contributed by atoms with E-state index in [1.54, 1.807) is 12.1 Å². The average molecular weight is 402 g/mol. The van der Waals surface area contributed by atoms with Crippen molar-refractivity contribution in [3.05, 3.63) is 40.1 Å². The lowest BCUT2D eigenvalue weighted by Crippen LogP contribution is -2.60. The van der Waals surface area contributed by atoms with Crippen molar-refractivity contribution >= 4 is 17.7 Å². The van der Waals surface area contributed by atoms with Gasteiger partial charge in [0.1, 0.15) is 6.54 Å². The molecule has 2 aliphatic heterocycles. The minimum absolute atomic E-state index is 0.0386. The summed E-state index contributed by atoms with van der Waals surface area (Å²) in [5.41, 5.74) is 7.64. The van der Waals surface area contributed by atoms with E-state index >= 15 is 0 Å². The topological polar surface area (TPSA) is 124 Å². The van der Waals surface area contributed by atoms with Gasteiger partial charge in [-0.3, -0.25) is 19.6 Å². The largest absolute Gasteiger partial charge is 0.624 e. The highest BCUT2D eigenvalue weighted by molar-refractivity contribution is 6.02. The van der Waals surface area contributed by atoms with Crippen LogP contribution < -0.4 is 16.4 Å². The summed E-state index contributed by atoms with van der Waals surface area (Å²) in [5, 5.41) is 19.0. The highest BCUT2D eigenvalue weighted by atomic mass is 16.6. The van der Waals surface area contributed by atoms with Crippen molar-refractivity contribution < 1.29 is 19.0 Å². The van der Waals surface area contributed by atoms with E-state index in [4.69, 9.17) is 5.73 Å². The standard InChI is InChI=1S/C21H30N4O4/c22-11-2-1-3-12-23-13-5-7-15-6-4-8-16-17(15)14-25(29,21(16)28)18-9-10-19(26)24-20(18)27/h4,6,8,18,23H,1-3,5,7,9-14,22H2,(H,24,26,27). The van der Waals surface area contributed by atoms with Crippen LogP contribution in [0.25, 0.3) is 0 Å². The van der Waals surface area contributed by atoms with Crippen LogP contribution in [0.3, 0.4) is 0 Å². The molecule has 8 heteroatoms. The summed E-state index contributed by atoms with van der Waals surface area (Å²) in [6, 6.07) is 4.36. The van der Waals surface area contributed by atoms with E-state index in [0.29, 0.717) is 5.56 Å². The molecule has 2 unspecified atom stereocenters. The second-order valence-electron chi connectivity index (χ2n) is 7.87. The number of benzene rings is 1. The number of nitrogens with two attached hydrogens (primary N) is 1.